The summed E-state index contributed by atoms with van der Waals surface area (Å²) in [5, 5.41) is 3.15. The molecule has 5 nitrogen and oxygen atoms in total. The smallest absolute Gasteiger partial charge is 0.261 e. The fourth-order valence-electron chi connectivity index (χ4n) is 2.38. The van der Waals surface area contributed by atoms with E-state index in [0.29, 0.717) is 10.8 Å². The van der Waals surface area contributed by atoms with Crippen LogP contribution in [0.1, 0.15) is 12.5 Å². The van der Waals surface area contributed by atoms with E-state index in [1.165, 1.54) is 4.90 Å². The van der Waals surface area contributed by atoms with Crippen molar-refractivity contribution < 1.29 is 14.3 Å². The molecule has 0 radical (unpaired) electrons. The van der Waals surface area contributed by atoms with Gasteiger partial charge in [-0.3, -0.25) is 9.59 Å². The van der Waals surface area contributed by atoms with Gasteiger partial charge in [0.25, 0.3) is 5.91 Å². The minimum atomic E-state index is -0.639. The van der Waals surface area contributed by atoms with Crippen molar-refractivity contribution in [2.75, 3.05) is 13.7 Å². The molecule has 0 fully saturated rings. The van der Waals surface area contributed by atoms with Crippen molar-refractivity contribution >= 4 is 39.3 Å². The monoisotopic (exact) mass is 438 g/mol. The van der Waals surface area contributed by atoms with Crippen molar-refractivity contribution in [3.05, 3.63) is 63.6 Å². The van der Waals surface area contributed by atoms with Gasteiger partial charge >= 0.3 is 0 Å². The maximum absolute atomic E-state index is 12.7. The lowest BCUT2D eigenvalue weighted by molar-refractivity contribution is -0.142. The fourth-order valence-corrected chi connectivity index (χ4v) is 2.86. The molecule has 0 spiro atoms. The standard InChI is InChI=1S/C19H20BrClN2O3/c1-13(19(25)22-2)23(11-14-4-3-5-16(21)10-14)18(24)12-26-17-8-6-15(20)7-9-17/h3-10,13H,11-12H2,1-2H3,(H,22,25)/t13-/m1/s1. The predicted molar refractivity (Wildman–Crippen MR) is 105 cm³/mol. The number of carbonyl (C=O) groups excluding carboxylic acids is 2. The average molecular weight is 440 g/mol. The average Bonchev–Trinajstić information content (AvgIpc) is 2.64. The predicted octanol–water partition coefficient (Wildman–Crippen LogP) is 3.64. The topological polar surface area (TPSA) is 58.6 Å². The van der Waals surface area contributed by atoms with Crippen LogP contribution in [0.15, 0.2) is 53.0 Å². The Labute approximate surface area is 166 Å². The van der Waals surface area contributed by atoms with Crippen molar-refractivity contribution in [3.8, 4) is 5.75 Å². The van der Waals surface area contributed by atoms with Gasteiger partial charge in [0.15, 0.2) is 6.61 Å². The van der Waals surface area contributed by atoms with Crippen molar-refractivity contribution in [1.29, 1.82) is 0 Å². The summed E-state index contributed by atoms with van der Waals surface area (Å²) < 4.78 is 6.48. The van der Waals surface area contributed by atoms with Gasteiger partial charge in [0.05, 0.1) is 0 Å². The van der Waals surface area contributed by atoms with Gasteiger partial charge in [-0.2, -0.15) is 0 Å². The molecule has 2 aromatic carbocycles. The quantitative estimate of drug-likeness (QED) is 0.716. The number of amides is 2. The van der Waals surface area contributed by atoms with E-state index in [4.69, 9.17) is 16.3 Å². The summed E-state index contributed by atoms with van der Waals surface area (Å²) in [6.45, 7) is 1.78. The third-order valence-electron chi connectivity index (χ3n) is 3.83. The summed E-state index contributed by atoms with van der Waals surface area (Å²) in [5.74, 6) is 0.0462. The molecule has 0 saturated heterocycles. The minimum absolute atomic E-state index is 0.163. The van der Waals surface area contributed by atoms with Crippen LogP contribution in [0.4, 0.5) is 0 Å². The molecule has 0 aromatic heterocycles. The third kappa shape index (κ3) is 5.75. The van der Waals surface area contributed by atoms with E-state index in [9.17, 15) is 9.59 Å². The van der Waals surface area contributed by atoms with Crippen molar-refractivity contribution in [2.45, 2.75) is 19.5 Å². The van der Waals surface area contributed by atoms with Gasteiger partial charge in [-0.05, 0) is 48.9 Å². The van der Waals surface area contributed by atoms with Gasteiger partial charge < -0.3 is 15.0 Å². The second-order valence-electron chi connectivity index (χ2n) is 5.68. The zero-order chi connectivity index (χ0) is 19.1. The number of carbonyl (C=O) groups is 2. The Balaban J connectivity index is 2.12. The van der Waals surface area contributed by atoms with E-state index < -0.39 is 6.04 Å². The molecule has 0 heterocycles. The summed E-state index contributed by atoms with van der Waals surface area (Å²) in [5.41, 5.74) is 0.838. The third-order valence-corrected chi connectivity index (χ3v) is 4.60. The number of hydrogen-bond donors (Lipinski definition) is 1. The molecule has 1 atom stereocenters. The lowest BCUT2D eigenvalue weighted by Crippen LogP contribution is -2.48. The molecule has 0 unspecified atom stereocenters. The number of likely N-dealkylation sites (N-methyl/N-ethyl adjacent to an activating group) is 1. The lowest BCUT2D eigenvalue weighted by Gasteiger charge is -2.28. The molecule has 1 N–H and O–H groups in total. The maximum atomic E-state index is 12.7. The van der Waals surface area contributed by atoms with Gasteiger partial charge in [-0.1, -0.05) is 39.7 Å². The van der Waals surface area contributed by atoms with E-state index in [0.717, 1.165) is 10.0 Å². The van der Waals surface area contributed by atoms with E-state index >= 15 is 0 Å². The van der Waals surface area contributed by atoms with E-state index in [2.05, 4.69) is 21.2 Å². The highest BCUT2D eigenvalue weighted by Crippen LogP contribution is 2.17. The van der Waals surface area contributed by atoms with Gasteiger partial charge in [-0.15, -0.1) is 0 Å². The molecule has 0 aliphatic carbocycles. The lowest BCUT2D eigenvalue weighted by atomic mass is 10.1. The normalized spacial score (nSPS) is 11.5. The van der Waals surface area contributed by atoms with Crippen LogP contribution in [0.25, 0.3) is 0 Å². The molecule has 2 rings (SSSR count). The van der Waals surface area contributed by atoms with E-state index in [-0.39, 0.29) is 25.0 Å². The first-order valence-corrected chi connectivity index (χ1v) is 9.21. The Morgan fingerprint density at radius 1 is 1.23 bits per heavy atom. The number of ether oxygens (including phenoxy) is 1. The first kappa shape index (κ1) is 20.3. The molecule has 2 amide bonds. The van der Waals surface area contributed by atoms with Crippen LogP contribution in [-0.2, 0) is 16.1 Å². The van der Waals surface area contributed by atoms with Crippen molar-refractivity contribution in [3.63, 3.8) is 0 Å². The summed E-state index contributed by atoms with van der Waals surface area (Å²) in [4.78, 5) is 26.2. The Morgan fingerprint density at radius 3 is 2.54 bits per heavy atom. The zero-order valence-corrected chi connectivity index (χ0v) is 16.9. The number of nitrogens with zero attached hydrogens (tertiary/aromatic N) is 1. The first-order chi connectivity index (χ1) is 12.4. The summed E-state index contributed by atoms with van der Waals surface area (Å²) >= 11 is 9.37. The maximum Gasteiger partial charge on any atom is 0.261 e. The van der Waals surface area contributed by atoms with Crippen LogP contribution in [-0.4, -0.2) is 36.4 Å². The van der Waals surface area contributed by atoms with Gasteiger partial charge in [0.1, 0.15) is 11.8 Å². The van der Waals surface area contributed by atoms with Crippen LogP contribution in [0.2, 0.25) is 5.02 Å². The number of nitrogens with one attached hydrogen (secondary N) is 1. The summed E-state index contributed by atoms with van der Waals surface area (Å²) in [6, 6.07) is 13.8. The van der Waals surface area contributed by atoms with Crippen molar-refractivity contribution in [2.24, 2.45) is 0 Å². The molecule has 0 saturated carbocycles. The second kappa shape index (κ2) is 9.59. The molecular formula is C19H20BrClN2O3. The molecule has 0 aliphatic rings. The Kier molecular flexibility index (Phi) is 7.48. The van der Waals surface area contributed by atoms with Crippen LogP contribution in [0.3, 0.4) is 0 Å². The van der Waals surface area contributed by atoms with Crippen molar-refractivity contribution in [1.82, 2.24) is 10.2 Å². The number of rotatable bonds is 7. The Morgan fingerprint density at radius 2 is 1.92 bits per heavy atom. The van der Waals surface area contributed by atoms with Gasteiger partial charge in [0, 0.05) is 23.1 Å². The molecular weight excluding hydrogens is 420 g/mol. The Hall–Kier alpha value is -2.05. The van der Waals surface area contributed by atoms with E-state index in [1.807, 2.05) is 24.3 Å². The fraction of sp³-hybridized carbons (Fsp3) is 0.263. The van der Waals surface area contributed by atoms with E-state index in [1.54, 1.807) is 38.2 Å². The highest BCUT2D eigenvalue weighted by Gasteiger charge is 2.25. The van der Waals surface area contributed by atoms with Crippen LogP contribution < -0.4 is 10.1 Å². The van der Waals surface area contributed by atoms with Crippen LogP contribution >= 0.6 is 27.5 Å². The molecule has 138 valence electrons. The molecule has 7 heteroatoms. The molecule has 0 aliphatic heterocycles. The number of halogens is 2. The first-order valence-electron chi connectivity index (χ1n) is 8.04. The Bertz CT molecular complexity index is 768. The number of hydrogen-bond acceptors (Lipinski definition) is 3. The van der Waals surface area contributed by atoms with Crippen LogP contribution in [0, 0.1) is 0 Å². The summed E-state index contributed by atoms with van der Waals surface area (Å²) in [6.07, 6.45) is 0. The van der Waals surface area contributed by atoms with Crippen LogP contribution in [0.5, 0.6) is 5.75 Å². The summed E-state index contributed by atoms with van der Waals surface area (Å²) in [7, 11) is 1.54. The highest BCUT2D eigenvalue weighted by atomic mass is 79.9. The molecule has 2 aromatic rings. The minimum Gasteiger partial charge on any atom is -0.484 e. The highest BCUT2D eigenvalue weighted by molar-refractivity contribution is 9.10. The second-order valence-corrected chi connectivity index (χ2v) is 7.04. The SMILES string of the molecule is CNC(=O)[C@@H](C)N(Cc1cccc(Cl)c1)C(=O)COc1ccc(Br)cc1. The molecule has 26 heavy (non-hydrogen) atoms. The number of benzene rings is 2. The molecule has 0 bridgehead atoms. The largest absolute Gasteiger partial charge is 0.484 e. The van der Waals surface area contributed by atoms with Gasteiger partial charge in [0.2, 0.25) is 5.91 Å². The zero-order valence-electron chi connectivity index (χ0n) is 14.5. The van der Waals surface area contributed by atoms with Gasteiger partial charge in [-0.25, -0.2) is 0 Å².